The van der Waals surface area contributed by atoms with Gasteiger partial charge in [-0.3, -0.25) is 0 Å². The highest BCUT2D eigenvalue weighted by atomic mass is 79.9. The van der Waals surface area contributed by atoms with Gasteiger partial charge in [0.05, 0.1) is 10.5 Å². The predicted molar refractivity (Wildman–Crippen MR) is 68.0 cm³/mol. The molecule has 1 aromatic heterocycles. The van der Waals surface area contributed by atoms with Crippen molar-refractivity contribution in [1.29, 1.82) is 0 Å². The Morgan fingerprint density at radius 1 is 1.27 bits per heavy atom. The highest BCUT2D eigenvalue weighted by molar-refractivity contribution is 9.10. The van der Waals surface area contributed by atoms with Crippen LogP contribution >= 0.6 is 62.3 Å². The Morgan fingerprint density at radius 2 is 1.93 bits per heavy atom. The van der Waals surface area contributed by atoms with Crippen LogP contribution in [0.1, 0.15) is 5.82 Å². The number of nitrogens with zero attached hydrogens (tertiary/aromatic N) is 1. The number of hydrogen-bond acceptors (Lipinski definition) is 1. The molecule has 0 aliphatic rings. The van der Waals surface area contributed by atoms with Crippen LogP contribution in [0.5, 0.6) is 0 Å². The van der Waals surface area contributed by atoms with Gasteiger partial charge in [0.2, 0.25) is 3.79 Å². The number of halogens is 5. The van der Waals surface area contributed by atoms with Crippen molar-refractivity contribution in [2.75, 3.05) is 0 Å². The Morgan fingerprint density at radius 3 is 2.53 bits per heavy atom. The van der Waals surface area contributed by atoms with E-state index in [-0.39, 0.29) is 5.82 Å². The average Bonchev–Trinajstić information content (AvgIpc) is 2.46. The highest BCUT2D eigenvalue weighted by Gasteiger charge is 2.27. The van der Waals surface area contributed by atoms with Gasteiger partial charge in [-0.05, 0) is 12.1 Å². The summed E-state index contributed by atoms with van der Waals surface area (Å²) in [6.07, 6.45) is 0. The van der Waals surface area contributed by atoms with E-state index in [0.29, 0.717) is 10.5 Å². The fourth-order valence-corrected chi connectivity index (χ4v) is 2.30. The van der Waals surface area contributed by atoms with Crippen LogP contribution in [0, 0.1) is 0 Å². The van der Waals surface area contributed by atoms with E-state index >= 15 is 0 Å². The van der Waals surface area contributed by atoms with E-state index in [4.69, 9.17) is 46.4 Å². The number of alkyl halides is 3. The van der Waals surface area contributed by atoms with Crippen molar-refractivity contribution in [1.82, 2.24) is 9.97 Å². The third-order valence-corrected chi connectivity index (χ3v) is 3.06. The third kappa shape index (κ3) is 2.37. The summed E-state index contributed by atoms with van der Waals surface area (Å²) in [6, 6.07) is 3.54. The Hall–Kier alpha value is 0.330. The molecule has 0 aliphatic carbocycles. The van der Waals surface area contributed by atoms with Gasteiger partial charge in [0.25, 0.3) is 0 Å². The first kappa shape index (κ1) is 11.8. The molecule has 1 N–H and O–H groups in total. The summed E-state index contributed by atoms with van der Waals surface area (Å²) in [7, 11) is 0. The Bertz CT molecular complexity index is 517. The number of hydrogen-bond donors (Lipinski definition) is 1. The van der Waals surface area contributed by atoms with E-state index in [1.54, 1.807) is 6.07 Å². The van der Waals surface area contributed by atoms with Crippen LogP contribution in [0.3, 0.4) is 0 Å². The maximum atomic E-state index is 5.98. The van der Waals surface area contributed by atoms with Gasteiger partial charge in [-0.25, -0.2) is 4.98 Å². The monoisotopic (exact) mass is 346 g/mol. The molecule has 2 nitrogen and oxygen atoms in total. The van der Waals surface area contributed by atoms with Crippen LogP contribution in [0.15, 0.2) is 16.6 Å². The predicted octanol–water partition coefficient (Wildman–Crippen LogP) is 4.81. The van der Waals surface area contributed by atoms with Gasteiger partial charge in [0.1, 0.15) is 5.52 Å². The molecule has 0 saturated heterocycles. The Balaban J connectivity index is 2.71. The molecule has 15 heavy (non-hydrogen) atoms. The number of aromatic nitrogens is 2. The molecule has 0 saturated carbocycles. The van der Waals surface area contributed by atoms with Gasteiger partial charge in [-0.15, -0.1) is 0 Å². The van der Waals surface area contributed by atoms with Gasteiger partial charge in [0.15, 0.2) is 5.82 Å². The van der Waals surface area contributed by atoms with Crippen molar-refractivity contribution in [2.45, 2.75) is 3.79 Å². The molecule has 0 bridgehead atoms. The second-order valence-corrected chi connectivity index (χ2v) is 6.47. The van der Waals surface area contributed by atoms with Gasteiger partial charge in [-0.2, -0.15) is 0 Å². The molecule has 0 spiro atoms. The first-order chi connectivity index (χ1) is 6.88. The van der Waals surface area contributed by atoms with Gasteiger partial charge in [-0.1, -0.05) is 62.3 Å². The first-order valence-corrected chi connectivity index (χ1v) is 6.10. The number of aromatic amines is 1. The molecule has 2 rings (SSSR count). The van der Waals surface area contributed by atoms with Gasteiger partial charge >= 0.3 is 0 Å². The van der Waals surface area contributed by atoms with E-state index < -0.39 is 3.79 Å². The molecular formula is C8H3BrCl4N2. The molecular weight excluding hydrogens is 346 g/mol. The summed E-state index contributed by atoms with van der Waals surface area (Å²) in [6.45, 7) is 0. The number of imidazole rings is 1. The standard InChI is InChI=1S/C8H3BrCl4N2/c9-3-1-4(10)6-5(2-3)14-7(15-6)8(11,12)13/h1-2H,(H,14,15). The number of benzene rings is 1. The van der Waals surface area contributed by atoms with Crippen LogP contribution in [0.4, 0.5) is 0 Å². The normalized spacial score (nSPS) is 12.3. The highest BCUT2D eigenvalue weighted by Crippen LogP contribution is 2.38. The summed E-state index contributed by atoms with van der Waals surface area (Å²) in [4.78, 5) is 7.02. The number of fused-ring (bicyclic) bond motifs is 1. The van der Waals surface area contributed by atoms with Crippen molar-refractivity contribution in [3.63, 3.8) is 0 Å². The Labute approximate surface area is 114 Å². The lowest BCUT2D eigenvalue weighted by Crippen LogP contribution is -2.02. The Kier molecular flexibility index (Phi) is 3.12. The van der Waals surface area contributed by atoms with Gasteiger partial charge in [0, 0.05) is 4.47 Å². The largest absolute Gasteiger partial charge is 0.338 e. The van der Waals surface area contributed by atoms with E-state index in [2.05, 4.69) is 25.9 Å². The zero-order valence-corrected chi connectivity index (χ0v) is 11.6. The molecule has 0 unspecified atom stereocenters. The molecule has 1 heterocycles. The fraction of sp³-hybridized carbons (Fsp3) is 0.125. The second kappa shape index (κ2) is 3.97. The maximum Gasteiger partial charge on any atom is 0.248 e. The van der Waals surface area contributed by atoms with Crippen molar-refractivity contribution in [3.8, 4) is 0 Å². The quantitative estimate of drug-likeness (QED) is 0.680. The molecule has 0 fully saturated rings. The molecule has 2 aromatic rings. The van der Waals surface area contributed by atoms with Gasteiger partial charge < -0.3 is 4.98 Å². The summed E-state index contributed by atoms with van der Waals surface area (Å²) in [5.41, 5.74) is 1.30. The summed E-state index contributed by atoms with van der Waals surface area (Å²) in [5, 5.41) is 0.496. The number of nitrogens with one attached hydrogen (secondary N) is 1. The topological polar surface area (TPSA) is 28.7 Å². The SMILES string of the molecule is Clc1cc(Br)cc2[nH]c(C(Cl)(Cl)Cl)nc12. The van der Waals surface area contributed by atoms with E-state index in [0.717, 1.165) is 9.99 Å². The third-order valence-electron chi connectivity index (χ3n) is 1.77. The van der Waals surface area contributed by atoms with Crippen molar-refractivity contribution in [3.05, 3.63) is 27.5 Å². The molecule has 7 heteroatoms. The number of H-pyrrole nitrogens is 1. The molecule has 0 radical (unpaired) electrons. The summed E-state index contributed by atoms with van der Waals surface area (Å²) < 4.78 is -0.742. The molecule has 80 valence electrons. The summed E-state index contributed by atoms with van der Waals surface area (Å²) >= 11 is 26.4. The van der Waals surface area contributed by atoms with Crippen LogP contribution < -0.4 is 0 Å². The minimum absolute atomic E-state index is 0.252. The van der Waals surface area contributed by atoms with E-state index in [1.807, 2.05) is 6.07 Å². The smallest absolute Gasteiger partial charge is 0.248 e. The molecule has 0 atom stereocenters. The van der Waals surface area contributed by atoms with Crippen LogP contribution in [-0.4, -0.2) is 9.97 Å². The molecule has 1 aromatic carbocycles. The minimum Gasteiger partial charge on any atom is -0.338 e. The summed E-state index contributed by atoms with van der Waals surface area (Å²) in [5.74, 6) is 0.252. The average molecular weight is 349 g/mol. The molecule has 0 amide bonds. The minimum atomic E-state index is -1.57. The maximum absolute atomic E-state index is 5.98. The lowest BCUT2D eigenvalue weighted by molar-refractivity contribution is 1.05. The van der Waals surface area contributed by atoms with Crippen LogP contribution in [0.25, 0.3) is 11.0 Å². The molecule has 0 aliphatic heterocycles. The zero-order chi connectivity index (χ0) is 11.2. The van der Waals surface area contributed by atoms with Crippen molar-refractivity contribution < 1.29 is 0 Å². The van der Waals surface area contributed by atoms with E-state index in [9.17, 15) is 0 Å². The zero-order valence-electron chi connectivity index (χ0n) is 6.99. The first-order valence-electron chi connectivity index (χ1n) is 3.80. The van der Waals surface area contributed by atoms with E-state index in [1.165, 1.54) is 0 Å². The fourth-order valence-electron chi connectivity index (χ4n) is 1.18. The van der Waals surface area contributed by atoms with Crippen LogP contribution in [-0.2, 0) is 3.79 Å². The number of rotatable bonds is 0. The lowest BCUT2D eigenvalue weighted by Gasteiger charge is -2.04. The van der Waals surface area contributed by atoms with Crippen molar-refractivity contribution >= 4 is 73.4 Å². The second-order valence-electron chi connectivity index (χ2n) is 2.87. The van der Waals surface area contributed by atoms with Crippen molar-refractivity contribution in [2.24, 2.45) is 0 Å². The van der Waals surface area contributed by atoms with Crippen LogP contribution in [0.2, 0.25) is 5.02 Å². The lowest BCUT2D eigenvalue weighted by atomic mass is 10.3.